The molecule has 2 saturated heterocycles. The van der Waals surface area contributed by atoms with E-state index in [0.717, 1.165) is 45.0 Å². The van der Waals surface area contributed by atoms with Crippen molar-refractivity contribution in [3.05, 3.63) is 0 Å². The van der Waals surface area contributed by atoms with Gasteiger partial charge < -0.3 is 10.2 Å². The molecule has 0 aromatic rings. The van der Waals surface area contributed by atoms with Gasteiger partial charge in [0.25, 0.3) is 0 Å². The fourth-order valence-corrected chi connectivity index (χ4v) is 3.01. The molecule has 17 heavy (non-hydrogen) atoms. The molecule has 98 valence electrons. The third-order valence-corrected chi connectivity index (χ3v) is 4.35. The summed E-state index contributed by atoms with van der Waals surface area (Å²) < 4.78 is 0. The van der Waals surface area contributed by atoms with E-state index < -0.39 is 0 Å². The number of piperazine rings is 1. The standard InChI is InChI=1S/C12H23N3OS/c1-17-9-3-12(16)15-7-5-14(6-8-15)11-2-4-13-10-11/h11,13H,2-10H2,1H3. The number of hydrogen-bond acceptors (Lipinski definition) is 4. The summed E-state index contributed by atoms with van der Waals surface area (Å²) in [6.07, 6.45) is 4.02. The summed E-state index contributed by atoms with van der Waals surface area (Å²) >= 11 is 1.75. The summed E-state index contributed by atoms with van der Waals surface area (Å²) in [4.78, 5) is 16.4. The molecule has 0 radical (unpaired) electrons. The van der Waals surface area contributed by atoms with E-state index in [1.165, 1.54) is 6.42 Å². The average Bonchev–Trinajstić information content (AvgIpc) is 2.90. The smallest absolute Gasteiger partial charge is 0.223 e. The van der Waals surface area contributed by atoms with Gasteiger partial charge in [0.1, 0.15) is 0 Å². The van der Waals surface area contributed by atoms with Crippen LogP contribution in [0.2, 0.25) is 0 Å². The zero-order chi connectivity index (χ0) is 12.1. The number of amides is 1. The van der Waals surface area contributed by atoms with E-state index in [-0.39, 0.29) is 0 Å². The molecular weight excluding hydrogens is 234 g/mol. The fourth-order valence-electron chi connectivity index (χ4n) is 2.64. The van der Waals surface area contributed by atoms with Crippen molar-refractivity contribution < 1.29 is 4.79 Å². The van der Waals surface area contributed by atoms with Crippen LogP contribution in [0.5, 0.6) is 0 Å². The molecular formula is C12H23N3OS. The van der Waals surface area contributed by atoms with Crippen LogP contribution in [0, 0.1) is 0 Å². The minimum absolute atomic E-state index is 0.337. The van der Waals surface area contributed by atoms with Gasteiger partial charge in [-0.3, -0.25) is 9.69 Å². The van der Waals surface area contributed by atoms with Gasteiger partial charge in [-0.1, -0.05) is 0 Å². The minimum atomic E-state index is 0.337. The Morgan fingerprint density at radius 3 is 2.71 bits per heavy atom. The molecule has 1 N–H and O–H groups in total. The molecule has 2 rings (SSSR count). The minimum Gasteiger partial charge on any atom is -0.340 e. The number of thioether (sulfide) groups is 1. The Kier molecular flexibility index (Phi) is 5.13. The lowest BCUT2D eigenvalue weighted by atomic mass is 10.2. The van der Waals surface area contributed by atoms with Gasteiger partial charge in [0.15, 0.2) is 0 Å². The molecule has 1 unspecified atom stereocenters. The molecule has 0 aromatic carbocycles. The molecule has 1 amide bonds. The molecule has 0 spiro atoms. The van der Waals surface area contributed by atoms with Crippen LogP contribution in [0.25, 0.3) is 0 Å². The highest BCUT2D eigenvalue weighted by molar-refractivity contribution is 7.98. The second-order valence-electron chi connectivity index (χ2n) is 4.81. The maximum Gasteiger partial charge on any atom is 0.223 e. The predicted molar refractivity (Wildman–Crippen MR) is 72.4 cm³/mol. The van der Waals surface area contributed by atoms with Crippen molar-refractivity contribution in [1.82, 2.24) is 15.1 Å². The van der Waals surface area contributed by atoms with Gasteiger partial charge in [0.05, 0.1) is 0 Å². The Labute approximate surface area is 108 Å². The van der Waals surface area contributed by atoms with Crippen molar-refractivity contribution in [3.63, 3.8) is 0 Å². The lowest BCUT2D eigenvalue weighted by Crippen LogP contribution is -2.52. The largest absolute Gasteiger partial charge is 0.340 e. The summed E-state index contributed by atoms with van der Waals surface area (Å²) in [5.74, 6) is 1.29. The van der Waals surface area contributed by atoms with Gasteiger partial charge in [-0.25, -0.2) is 0 Å². The zero-order valence-electron chi connectivity index (χ0n) is 10.7. The van der Waals surface area contributed by atoms with Crippen molar-refractivity contribution in [1.29, 1.82) is 0 Å². The van der Waals surface area contributed by atoms with E-state index in [9.17, 15) is 4.79 Å². The first-order chi connectivity index (χ1) is 8.31. The van der Waals surface area contributed by atoms with Gasteiger partial charge in [-0.15, -0.1) is 0 Å². The van der Waals surface area contributed by atoms with Gasteiger partial charge in [0.2, 0.25) is 5.91 Å². The Morgan fingerprint density at radius 2 is 2.12 bits per heavy atom. The van der Waals surface area contributed by atoms with Crippen LogP contribution in [0.1, 0.15) is 12.8 Å². The Balaban J connectivity index is 1.71. The summed E-state index contributed by atoms with van der Waals surface area (Å²) in [6, 6.07) is 0.707. The molecule has 0 bridgehead atoms. The summed E-state index contributed by atoms with van der Waals surface area (Å²) in [7, 11) is 0. The monoisotopic (exact) mass is 257 g/mol. The Hall–Kier alpha value is -0.260. The van der Waals surface area contributed by atoms with Crippen LogP contribution < -0.4 is 5.32 Å². The number of carbonyl (C=O) groups excluding carboxylic acids is 1. The van der Waals surface area contributed by atoms with Crippen molar-refractivity contribution in [2.75, 3.05) is 51.3 Å². The first-order valence-electron chi connectivity index (χ1n) is 6.52. The first kappa shape index (κ1) is 13.2. The lowest BCUT2D eigenvalue weighted by molar-refractivity contribution is -0.132. The highest BCUT2D eigenvalue weighted by Gasteiger charge is 2.27. The number of nitrogens with one attached hydrogen (secondary N) is 1. The van der Waals surface area contributed by atoms with E-state index in [1.807, 2.05) is 4.90 Å². The normalized spacial score (nSPS) is 26.4. The Morgan fingerprint density at radius 1 is 1.35 bits per heavy atom. The molecule has 2 aliphatic rings. The van der Waals surface area contributed by atoms with Crippen molar-refractivity contribution >= 4 is 17.7 Å². The highest BCUT2D eigenvalue weighted by atomic mass is 32.2. The SMILES string of the molecule is CSCCC(=O)N1CCN(C2CCNC2)CC1. The zero-order valence-corrected chi connectivity index (χ0v) is 11.5. The van der Waals surface area contributed by atoms with Crippen LogP contribution in [-0.4, -0.2) is 73.0 Å². The molecule has 2 heterocycles. The highest BCUT2D eigenvalue weighted by Crippen LogP contribution is 2.12. The molecule has 2 aliphatic heterocycles. The maximum atomic E-state index is 11.9. The first-order valence-corrected chi connectivity index (χ1v) is 7.92. The fraction of sp³-hybridized carbons (Fsp3) is 0.917. The van der Waals surface area contributed by atoms with E-state index in [2.05, 4.69) is 16.5 Å². The van der Waals surface area contributed by atoms with E-state index in [1.54, 1.807) is 11.8 Å². The van der Waals surface area contributed by atoms with Crippen LogP contribution in [0.3, 0.4) is 0 Å². The van der Waals surface area contributed by atoms with Gasteiger partial charge in [-0.05, 0) is 19.2 Å². The van der Waals surface area contributed by atoms with E-state index in [0.29, 0.717) is 18.4 Å². The van der Waals surface area contributed by atoms with Crippen LogP contribution in [0.4, 0.5) is 0 Å². The second-order valence-corrected chi connectivity index (χ2v) is 5.79. The average molecular weight is 257 g/mol. The summed E-state index contributed by atoms with van der Waals surface area (Å²) in [5, 5.41) is 3.41. The third-order valence-electron chi connectivity index (χ3n) is 3.74. The second kappa shape index (κ2) is 6.61. The molecule has 2 fully saturated rings. The van der Waals surface area contributed by atoms with E-state index >= 15 is 0 Å². The van der Waals surface area contributed by atoms with Crippen LogP contribution in [0.15, 0.2) is 0 Å². The summed E-state index contributed by atoms with van der Waals surface area (Å²) in [6.45, 7) is 6.22. The number of rotatable bonds is 4. The maximum absolute atomic E-state index is 11.9. The van der Waals surface area contributed by atoms with Crippen molar-refractivity contribution in [2.24, 2.45) is 0 Å². The number of hydrogen-bond donors (Lipinski definition) is 1. The molecule has 0 aliphatic carbocycles. The number of nitrogens with zero attached hydrogens (tertiary/aromatic N) is 2. The van der Waals surface area contributed by atoms with Crippen LogP contribution in [-0.2, 0) is 4.79 Å². The summed E-state index contributed by atoms with van der Waals surface area (Å²) in [5.41, 5.74) is 0. The molecule has 0 aromatic heterocycles. The van der Waals surface area contributed by atoms with Gasteiger partial charge in [-0.2, -0.15) is 11.8 Å². The topological polar surface area (TPSA) is 35.6 Å². The molecule has 4 nitrogen and oxygen atoms in total. The van der Waals surface area contributed by atoms with Gasteiger partial charge in [0, 0.05) is 50.9 Å². The lowest BCUT2D eigenvalue weighted by Gasteiger charge is -2.37. The quantitative estimate of drug-likeness (QED) is 0.783. The predicted octanol–water partition coefficient (Wildman–Crippen LogP) is 0.246. The van der Waals surface area contributed by atoms with Crippen LogP contribution >= 0.6 is 11.8 Å². The van der Waals surface area contributed by atoms with Gasteiger partial charge >= 0.3 is 0 Å². The number of carbonyl (C=O) groups is 1. The molecule has 0 saturated carbocycles. The van der Waals surface area contributed by atoms with E-state index in [4.69, 9.17) is 0 Å². The third kappa shape index (κ3) is 3.60. The Bertz CT molecular complexity index is 248. The molecule has 1 atom stereocenters. The van der Waals surface area contributed by atoms with Crippen molar-refractivity contribution in [3.8, 4) is 0 Å². The molecule has 5 heteroatoms. The van der Waals surface area contributed by atoms with Crippen molar-refractivity contribution in [2.45, 2.75) is 18.9 Å².